The molecule has 0 spiro atoms. The fourth-order valence-electron chi connectivity index (χ4n) is 4.03. The van der Waals surface area contributed by atoms with Gasteiger partial charge in [0.2, 0.25) is 5.82 Å². The van der Waals surface area contributed by atoms with Crippen LogP contribution in [0.2, 0.25) is 0 Å². The smallest absolute Gasteiger partial charge is 0.322 e. The number of rotatable bonds is 7. The molecule has 1 aliphatic heterocycles. The SMILES string of the molecule is CCCCN1C(=O)NC(c2ccc(C)c(C)c2)C(c2nc(-c3ccc(SC)cc3)no2)=C1C. The van der Waals surface area contributed by atoms with E-state index in [2.05, 4.69) is 49.4 Å². The Morgan fingerprint density at radius 2 is 1.85 bits per heavy atom. The van der Waals surface area contributed by atoms with Crippen molar-refractivity contribution in [3.05, 3.63) is 70.7 Å². The minimum atomic E-state index is -0.359. The zero-order valence-corrected chi connectivity index (χ0v) is 20.6. The van der Waals surface area contributed by atoms with Gasteiger partial charge in [-0.05, 0) is 74.4 Å². The predicted octanol–water partition coefficient (Wildman–Crippen LogP) is 6.37. The Morgan fingerprint density at radius 3 is 2.52 bits per heavy atom. The zero-order chi connectivity index (χ0) is 23.5. The molecule has 1 aromatic heterocycles. The highest BCUT2D eigenvalue weighted by atomic mass is 32.2. The van der Waals surface area contributed by atoms with E-state index in [1.807, 2.05) is 37.4 Å². The molecule has 0 fully saturated rings. The fraction of sp³-hybridized carbons (Fsp3) is 0.346. The van der Waals surface area contributed by atoms with Gasteiger partial charge in [-0.15, -0.1) is 11.8 Å². The van der Waals surface area contributed by atoms with Gasteiger partial charge in [0.15, 0.2) is 0 Å². The number of benzene rings is 2. The van der Waals surface area contributed by atoms with E-state index in [0.29, 0.717) is 18.3 Å². The standard InChI is InChI=1S/C26H30N4O2S/c1-6-7-14-30-18(4)22(23(27-26(30)31)20-9-8-16(2)17(3)15-20)25-28-24(29-32-25)19-10-12-21(33-5)13-11-19/h8-13,15,23H,6-7,14H2,1-5H3,(H,27,31). The zero-order valence-electron chi connectivity index (χ0n) is 19.8. The molecule has 2 amide bonds. The molecule has 3 aromatic rings. The normalized spacial score (nSPS) is 16.3. The van der Waals surface area contributed by atoms with Gasteiger partial charge < -0.3 is 9.84 Å². The van der Waals surface area contributed by atoms with Gasteiger partial charge in [-0.2, -0.15) is 4.98 Å². The molecule has 1 aliphatic rings. The Kier molecular flexibility index (Phi) is 6.88. The first-order valence-electron chi connectivity index (χ1n) is 11.3. The van der Waals surface area contributed by atoms with E-state index in [4.69, 9.17) is 9.51 Å². The number of carbonyl (C=O) groups excluding carboxylic acids is 1. The van der Waals surface area contributed by atoms with E-state index in [1.54, 1.807) is 16.7 Å². The Morgan fingerprint density at radius 1 is 1.09 bits per heavy atom. The number of urea groups is 1. The predicted molar refractivity (Wildman–Crippen MR) is 133 cm³/mol. The largest absolute Gasteiger partial charge is 0.334 e. The van der Waals surface area contributed by atoms with Crippen LogP contribution in [0.1, 0.15) is 55.3 Å². The molecule has 0 bridgehead atoms. The number of hydrogen-bond acceptors (Lipinski definition) is 5. The lowest BCUT2D eigenvalue weighted by molar-refractivity contribution is 0.204. The molecule has 1 unspecified atom stereocenters. The first kappa shape index (κ1) is 23.1. The van der Waals surface area contributed by atoms with Gasteiger partial charge in [0.05, 0.1) is 11.6 Å². The van der Waals surface area contributed by atoms with Crippen LogP contribution in [0.4, 0.5) is 4.79 Å². The van der Waals surface area contributed by atoms with Gasteiger partial charge in [0.1, 0.15) is 0 Å². The third kappa shape index (κ3) is 4.69. The second-order valence-corrected chi connectivity index (χ2v) is 9.26. The maximum absolute atomic E-state index is 13.0. The minimum Gasteiger partial charge on any atom is -0.334 e. The quantitative estimate of drug-likeness (QED) is 0.413. The van der Waals surface area contributed by atoms with E-state index < -0.39 is 0 Å². The first-order valence-corrected chi connectivity index (χ1v) is 12.5. The van der Waals surface area contributed by atoms with Crippen molar-refractivity contribution < 1.29 is 9.32 Å². The Hall–Kier alpha value is -3.06. The number of unbranched alkanes of at least 4 members (excludes halogenated alkanes) is 1. The average Bonchev–Trinajstić information content (AvgIpc) is 3.30. The molecule has 1 atom stereocenters. The van der Waals surface area contributed by atoms with E-state index in [0.717, 1.165) is 35.2 Å². The molecule has 2 heterocycles. The summed E-state index contributed by atoms with van der Waals surface area (Å²) in [7, 11) is 0. The summed E-state index contributed by atoms with van der Waals surface area (Å²) in [6.07, 6.45) is 3.97. The molecule has 33 heavy (non-hydrogen) atoms. The van der Waals surface area contributed by atoms with E-state index >= 15 is 0 Å². The van der Waals surface area contributed by atoms with Crippen molar-refractivity contribution in [1.82, 2.24) is 20.4 Å². The van der Waals surface area contributed by atoms with Crippen LogP contribution < -0.4 is 5.32 Å². The van der Waals surface area contributed by atoms with Crippen molar-refractivity contribution in [3.63, 3.8) is 0 Å². The molecule has 0 saturated heterocycles. The van der Waals surface area contributed by atoms with Crippen LogP contribution in [-0.4, -0.2) is 33.9 Å². The lowest BCUT2D eigenvalue weighted by Crippen LogP contribution is -2.46. The molecule has 0 aliphatic carbocycles. The maximum atomic E-state index is 13.0. The van der Waals surface area contributed by atoms with Crippen molar-refractivity contribution in [2.24, 2.45) is 0 Å². The number of nitrogens with zero attached hydrogens (tertiary/aromatic N) is 3. The lowest BCUT2D eigenvalue weighted by Gasteiger charge is -2.35. The van der Waals surface area contributed by atoms with Gasteiger partial charge in [-0.3, -0.25) is 4.90 Å². The summed E-state index contributed by atoms with van der Waals surface area (Å²) in [4.78, 5) is 20.7. The Labute approximate surface area is 199 Å². The van der Waals surface area contributed by atoms with Crippen molar-refractivity contribution in [2.75, 3.05) is 12.8 Å². The second kappa shape index (κ2) is 9.83. The minimum absolute atomic E-state index is 0.0969. The van der Waals surface area contributed by atoms with Crippen LogP contribution in [0.3, 0.4) is 0 Å². The number of amides is 2. The van der Waals surface area contributed by atoms with Gasteiger partial charge in [-0.1, -0.05) is 36.7 Å². The summed E-state index contributed by atoms with van der Waals surface area (Å²) in [5.41, 5.74) is 5.97. The molecule has 2 aromatic carbocycles. The summed E-state index contributed by atoms with van der Waals surface area (Å²) in [6.45, 7) is 8.89. The van der Waals surface area contributed by atoms with E-state index in [-0.39, 0.29) is 12.1 Å². The number of thioether (sulfide) groups is 1. The molecule has 0 radical (unpaired) electrons. The molecule has 7 heteroatoms. The number of hydrogen-bond donors (Lipinski definition) is 1. The van der Waals surface area contributed by atoms with Crippen LogP contribution in [0.5, 0.6) is 0 Å². The molecular weight excluding hydrogens is 432 g/mol. The highest BCUT2D eigenvalue weighted by Gasteiger charge is 2.35. The fourth-order valence-corrected chi connectivity index (χ4v) is 4.44. The second-order valence-electron chi connectivity index (χ2n) is 8.38. The molecule has 1 N–H and O–H groups in total. The third-order valence-electron chi connectivity index (χ3n) is 6.20. The highest BCUT2D eigenvalue weighted by molar-refractivity contribution is 7.98. The number of carbonyl (C=O) groups is 1. The molecule has 0 saturated carbocycles. The van der Waals surface area contributed by atoms with Crippen molar-refractivity contribution in [2.45, 2.75) is 51.5 Å². The van der Waals surface area contributed by atoms with Crippen LogP contribution >= 0.6 is 11.8 Å². The van der Waals surface area contributed by atoms with Gasteiger partial charge in [0, 0.05) is 22.7 Å². The van der Waals surface area contributed by atoms with Crippen LogP contribution in [-0.2, 0) is 0 Å². The van der Waals surface area contributed by atoms with Gasteiger partial charge >= 0.3 is 6.03 Å². The Balaban J connectivity index is 1.78. The highest BCUT2D eigenvalue weighted by Crippen LogP contribution is 2.38. The van der Waals surface area contributed by atoms with E-state index in [9.17, 15) is 4.79 Å². The van der Waals surface area contributed by atoms with E-state index in [1.165, 1.54) is 16.0 Å². The summed E-state index contributed by atoms with van der Waals surface area (Å²) < 4.78 is 5.78. The summed E-state index contributed by atoms with van der Waals surface area (Å²) >= 11 is 1.69. The monoisotopic (exact) mass is 462 g/mol. The number of allylic oxidation sites excluding steroid dienone is 1. The van der Waals surface area contributed by atoms with Crippen LogP contribution in [0, 0.1) is 13.8 Å². The van der Waals surface area contributed by atoms with Crippen LogP contribution in [0.15, 0.2) is 57.6 Å². The molecule has 4 rings (SSSR count). The van der Waals surface area contributed by atoms with Gasteiger partial charge in [-0.25, -0.2) is 4.79 Å². The Bertz CT molecular complexity index is 1180. The first-order chi connectivity index (χ1) is 15.9. The van der Waals surface area contributed by atoms with Crippen molar-refractivity contribution in [1.29, 1.82) is 0 Å². The summed E-state index contributed by atoms with van der Waals surface area (Å²) in [5.74, 6) is 0.968. The molecule has 172 valence electrons. The van der Waals surface area contributed by atoms with Crippen LogP contribution in [0.25, 0.3) is 17.0 Å². The van der Waals surface area contributed by atoms with Gasteiger partial charge in [0.25, 0.3) is 5.89 Å². The molecular formula is C26H30N4O2S. The van der Waals surface area contributed by atoms with Crippen molar-refractivity contribution >= 4 is 23.4 Å². The topological polar surface area (TPSA) is 71.3 Å². The average molecular weight is 463 g/mol. The lowest BCUT2D eigenvalue weighted by atomic mass is 9.92. The number of nitrogens with one attached hydrogen (secondary N) is 1. The number of aryl methyl sites for hydroxylation is 2. The molecule has 6 nitrogen and oxygen atoms in total. The number of aromatic nitrogens is 2. The summed E-state index contributed by atoms with van der Waals surface area (Å²) in [5, 5.41) is 7.44. The third-order valence-corrected chi connectivity index (χ3v) is 6.94. The summed E-state index contributed by atoms with van der Waals surface area (Å²) in [6, 6.07) is 13.9. The maximum Gasteiger partial charge on any atom is 0.322 e. The van der Waals surface area contributed by atoms with Crippen molar-refractivity contribution in [3.8, 4) is 11.4 Å².